The predicted octanol–water partition coefficient (Wildman–Crippen LogP) is 2.12. The van der Waals surface area contributed by atoms with Gasteiger partial charge in [-0.25, -0.2) is 0 Å². The number of hydrogen-bond donors (Lipinski definition) is 1. The van der Waals surface area contributed by atoms with Crippen molar-refractivity contribution in [3.05, 3.63) is 0 Å². The molecular formula is C15H27NO3. The van der Waals surface area contributed by atoms with E-state index in [0.29, 0.717) is 24.6 Å². The van der Waals surface area contributed by atoms with Gasteiger partial charge in [0, 0.05) is 18.7 Å². The molecule has 4 unspecified atom stereocenters. The number of hydrogen-bond acceptors (Lipinski definition) is 4. The zero-order chi connectivity index (χ0) is 13.7. The van der Waals surface area contributed by atoms with Crippen LogP contribution in [-0.4, -0.2) is 37.9 Å². The maximum atomic E-state index is 11.8. The minimum absolute atomic E-state index is 0.00847. The van der Waals surface area contributed by atoms with Crippen LogP contribution in [0.1, 0.15) is 46.0 Å². The Hall–Kier alpha value is -0.610. The maximum absolute atomic E-state index is 11.8. The first-order valence-corrected chi connectivity index (χ1v) is 7.71. The number of ether oxygens (including phenoxy) is 2. The summed E-state index contributed by atoms with van der Waals surface area (Å²) in [6.07, 6.45) is 5.36. The standard InChI is InChI=1S/C15H27NO3/c1-3-19-15(17)12-5-4-6-14(9-12)16-11(2)13-7-8-18-10-13/h11-14,16H,3-10H2,1-2H3. The van der Waals surface area contributed by atoms with E-state index < -0.39 is 0 Å². The molecule has 1 heterocycles. The fourth-order valence-corrected chi connectivity index (χ4v) is 3.27. The highest BCUT2D eigenvalue weighted by molar-refractivity contribution is 5.72. The Morgan fingerprint density at radius 2 is 2.26 bits per heavy atom. The summed E-state index contributed by atoms with van der Waals surface area (Å²) in [7, 11) is 0. The fourth-order valence-electron chi connectivity index (χ4n) is 3.27. The van der Waals surface area contributed by atoms with Crippen molar-refractivity contribution in [3.8, 4) is 0 Å². The number of nitrogens with one attached hydrogen (secondary N) is 1. The third-order valence-corrected chi connectivity index (χ3v) is 4.46. The Balaban J connectivity index is 1.78. The molecule has 2 aliphatic rings. The van der Waals surface area contributed by atoms with Gasteiger partial charge >= 0.3 is 5.97 Å². The Morgan fingerprint density at radius 3 is 2.95 bits per heavy atom. The number of rotatable bonds is 5. The van der Waals surface area contributed by atoms with Gasteiger partial charge < -0.3 is 14.8 Å². The monoisotopic (exact) mass is 269 g/mol. The van der Waals surface area contributed by atoms with Gasteiger partial charge in [-0.3, -0.25) is 4.79 Å². The molecule has 1 aliphatic heterocycles. The van der Waals surface area contributed by atoms with E-state index in [1.54, 1.807) is 0 Å². The molecule has 4 heteroatoms. The van der Waals surface area contributed by atoms with E-state index in [4.69, 9.17) is 9.47 Å². The molecule has 0 aromatic carbocycles. The highest BCUT2D eigenvalue weighted by atomic mass is 16.5. The van der Waals surface area contributed by atoms with E-state index in [1.165, 1.54) is 6.42 Å². The third kappa shape index (κ3) is 4.18. The van der Waals surface area contributed by atoms with E-state index in [0.717, 1.165) is 38.9 Å². The third-order valence-electron chi connectivity index (χ3n) is 4.46. The largest absolute Gasteiger partial charge is 0.466 e. The van der Waals surface area contributed by atoms with Gasteiger partial charge in [0.15, 0.2) is 0 Å². The summed E-state index contributed by atoms with van der Waals surface area (Å²) >= 11 is 0. The van der Waals surface area contributed by atoms with Gasteiger partial charge in [0.25, 0.3) is 0 Å². The van der Waals surface area contributed by atoms with Crippen molar-refractivity contribution in [3.63, 3.8) is 0 Å². The number of esters is 1. The Labute approximate surface area is 116 Å². The van der Waals surface area contributed by atoms with E-state index in [9.17, 15) is 4.79 Å². The lowest BCUT2D eigenvalue weighted by Gasteiger charge is -2.32. The SMILES string of the molecule is CCOC(=O)C1CCCC(NC(C)C2CCOC2)C1. The van der Waals surface area contributed by atoms with Crippen molar-refractivity contribution in [2.75, 3.05) is 19.8 Å². The van der Waals surface area contributed by atoms with Crippen LogP contribution in [0.2, 0.25) is 0 Å². The molecule has 1 aliphatic carbocycles. The van der Waals surface area contributed by atoms with Crippen molar-refractivity contribution < 1.29 is 14.3 Å². The van der Waals surface area contributed by atoms with Crippen LogP contribution in [0, 0.1) is 11.8 Å². The summed E-state index contributed by atoms with van der Waals surface area (Å²) in [4.78, 5) is 11.8. The van der Waals surface area contributed by atoms with Gasteiger partial charge in [-0.15, -0.1) is 0 Å². The lowest BCUT2D eigenvalue weighted by molar-refractivity contribution is -0.149. The molecule has 1 saturated heterocycles. The summed E-state index contributed by atoms with van der Waals surface area (Å²) in [5.74, 6) is 0.715. The van der Waals surface area contributed by atoms with Gasteiger partial charge in [-0.1, -0.05) is 6.42 Å². The highest BCUT2D eigenvalue weighted by Gasteiger charge is 2.30. The molecule has 0 aromatic heterocycles. The second kappa shape index (κ2) is 7.25. The van der Waals surface area contributed by atoms with Crippen molar-refractivity contribution in [1.82, 2.24) is 5.32 Å². The van der Waals surface area contributed by atoms with Crippen molar-refractivity contribution in [2.45, 2.75) is 58.0 Å². The van der Waals surface area contributed by atoms with Gasteiger partial charge in [0.05, 0.1) is 19.1 Å². The quantitative estimate of drug-likeness (QED) is 0.777. The molecule has 1 saturated carbocycles. The molecule has 1 N–H and O–H groups in total. The lowest BCUT2D eigenvalue weighted by atomic mass is 9.85. The van der Waals surface area contributed by atoms with E-state index in [-0.39, 0.29) is 11.9 Å². The molecule has 2 rings (SSSR count). The molecule has 4 atom stereocenters. The van der Waals surface area contributed by atoms with Gasteiger partial charge in [-0.2, -0.15) is 0 Å². The molecule has 4 nitrogen and oxygen atoms in total. The normalized spacial score (nSPS) is 33.1. The van der Waals surface area contributed by atoms with E-state index in [1.807, 2.05) is 6.92 Å². The van der Waals surface area contributed by atoms with Crippen LogP contribution in [-0.2, 0) is 14.3 Å². The average molecular weight is 269 g/mol. The average Bonchev–Trinajstić information content (AvgIpc) is 2.93. The molecule has 0 bridgehead atoms. The Morgan fingerprint density at radius 1 is 1.42 bits per heavy atom. The van der Waals surface area contributed by atoms with Gasteiger partial charge in [0.1, 0.15) is 0 Å². The zero-order valence-corrected chi connectivity index (χ0v) is 12.2. The topological polar surface area (TPSA) is 47.6 Å². The van der Waals surface area contributed by atoms with Gasteiger partial charge in [0.2, 0.25) is 0 Å². The first kappa shape index (κ1) is 14.8. The van der Waals surface area contributed by atoms with Crippen LogP contribution in [0.15, 0.2) is 0 Å². The number of carbonyl (C=O) groups is 1. The molecule has 0 spiro atoms. The Bertz CT molecular complexity index is 289. The van der Waals surface area contributed by atoms with Crippen molar-refractivity contribution in [1.29, 1.82) is 0 Å². The van der Waals surface area contributed by atoms with Crippen LogP contribution in [0.5, 0.6) is 0 Å². The van der Waals surface area contributed by atoms with Crippen LogP contribution in [0.4, 0.5) is 0 Å². The number of carbonyl (C=O) groups excluding carboxylic acids is 1. The minimum Gasteiger partial charge on any atom is -0.466 e. The van der Waals surface area contributed by atoms with Crippen LogP contribution >= 0.6 is 0 Å². The maximum Gasteiger partial charge on any atom is 0.308 e. The predicted molar refractivity (Wildman–Crippen MR) is 73.9 cm³/mol. The summed E-state index contributed by atoms with van der Waals surface area (Å²) in [6, 6.07) is 0.937. The second-order valence-electron chi connectivity index (χ2n) is 5.89. The lowest BCUT2D eigenvalue weighted by Crippen LogP contribution is -2.44. The zero-order valence-electron chi connectivity index (χ0n) is 12.2. The molecule has 0 amide bonds. The molecule has 0 aromatic rings. The first-order chi connectivity index (χ1) is 9.20. The van der Waals surface area contributed by atoms with Gasteiger partial charge in [-0.05, 0) is 45.4 Å². The molecule has 2 fully saturated rings. The molecule has 110 valence electrons. The second-order valence-corrected chi connectivity index (χ2v) is 5.89. The fraction of sp³-hybridized carbons (Fsp3) is 0.933. The van der Waals surface area contributed by atoms with Crippen molar-refractivity contribution in [2.24, 2.45) is 11.8 Å². The summed E-state index contributed by atoms with van der Waals surface area (Å²) in [5, 5.41) is 3.70. The highest BCUT2D eigenvalue weighted by Crippen LogP contribution is 2.27. The van der Waals surface area contributed by atoms with Crippen molar-refractivity contribution >= 4 is 5.97 Å². The van der Waals surface area contributed by atoms with E-state index in [2.05, 4.69) is 12.2 Å². The first-order valence-electron chi connectivity index (χ1n) is 7.71. The summed E-state index contributed by atoms with van der Waals surface area (Å²) in [5.41, 5.74) is 0. The summed E-state index contributed by atoms with van der Waals surface area (Å²) < 4.78 is 10.6. The molecule has 19 heavy (non-hydrogen) atoms. The summed E-state index contributed by atoms with van der Waals surface area (Å²) in [6.45, 7) is 6.38. The van der Waals surface area contributed by atoms with Crippen LogP contribution in [0.25, 0.3) is 0 Å². The smallest absolute Gasteiger partial charge is 0.308 e. The Kier molecular flexibility index (Phi) is 5.64. The van der Waals surface area contributed by atoms with E-state index >= 15 is 0 Å². The van der Waals surface area contributed by atoms with Crippen LogP contribution < -0.4 is 5.32 Å². The minimum atomic E-state index is -0.00847. The molecule has 0 radical (unpaired) electrons. The van der Waals surface area contributed by atoms with Crippen LogP contribution in [0.3, 0.4) is 0 Å². The molecular weight excluding hydrogens is 242 g/mol.